The van der Waals surface area contributed by atoms with E-state index in [1.807, 2.05) is 23.3 Å². The van der Waals surface area contributed by atoms with Crippen LogP contribution in [0.15, 0.2) is 30.3 Å². The van der Waals surface area contributed by atoms with Gasteiger partial charge in [-0.1, -0.05) is 30.3 Å². The van der Waals surface area contributed by atoms with Gasteiger partial charge in [-0.05, 0) is 52.5 Å². The molecule has 0 spiro atoms. The summed E-state index contributed by atoms with van der Waals surface area (Å²) in [7, 11) is 2.60. The lowest BCUT2D eigenvalue weighted by molar-refractivity contribution is -0.305. The molecular formula is C21H31NO5. The van der Waals surface area contributed by atoms with Gasteiger partial charge in [-0.25, -0.2) is 4.79 Å². The van der Waals surface area contributed by atoms with E-state index in [2.05, 4.69) is 27.7 Å². The van der Waals surface area contributed by atoms with Crippen molar-refractivity contribution >= 4 is 11.9 Å². The lowest BCUT2D eigenvalue weighted by atomic mass is 9.82. The predicted octanol–water partition coefficient (Wildman–Crippen LogP) is 3.46. The average Bonchev–Trinajstić information content (AvgIpc) is 2.62. The van der Waals surface area contributed by atoms with Gasteiger partial charge in [0, 0.05) is 11.1 Å². The van der Waals surface area contributed by atoms with Crippen LogP contribution in [0.4, 0.5) is 0 Å². The van der Waals surface area contributed by atoms with Crippen LogP contribution >= 0.6 is 0 Å². The summed E-state index contributed by atoms with van der Waals surface area (Å²) < 4.78 is 9.98. The highest BCUT2D eigenvalue weighted by Gasteiger charge is 2.48. The minimum atomic E-state index is -1.14. The van der Waals surface area contributed by atoms with Crippen LogP contribution in [0.5, 0.6) is 0 Å². The highest BCUT2D eigenvalue weighted by Crippen LogP contribution is 2.40. The summed E-state index contributed by atoms with van der Waals surface area (Å²) in [6.45, 7) is 8.33. The first-order valence-electron chi connectivity index (χ1n) is 9.32. The zero-order valence-corrected chi connectivity index (χ0v) is 17.2. The third-order valence-electron chi connectivity index (χ3n) is 5.25. The molecule has 6 heteroatoms. The van der Waals surface area contributed by atoms with Crippen LogP contribution in [0.2, 0.25) is 0 Å². The molecule has 1 saturated heterocycles. The monoisotopic (exact) mass is 377 g/mol. The standard InChI is InChI=1S/C21H31NO5/c1-20(2)13-10-14-21(3,4)22(20)27-17(19(24)26-6)16(18(23)25-5)15-11-8-7-9-12-15/h7-9,11-12,16-17H,10,13-14H2,1-6H3. The lowest BCUT2D eigenvalue weighted by Crippen LogP contribution is -2.60. The maximum atomic E-state index is 12.7. The van der Waals surface area contributed by atoms with Crippen LogP contribution in [-0.2, 0) is 23.9 Å². The molecular weight excluding hydrogens is 346 g/mol. The number of carbonyl (C=O) groups excluding carboxylic acids is 2. The Balaban J connectivity index is 2.46. The molecule has 1 aromatic rings. The molecule has 0 N–H and O–H groups in total. The van der Waals surface area contributed by atoms with Crippen LogP contribution in [-0.4, -0.2) is 48.4 Å². The van der Waals surface area contributed by atoms with Crippen molar-refractivity contribution in [3.05, 3.63) is 35.9 Å². The number of methoxy groups -OCH3 is 2. The van der Waals surface area contributed by atoms with E-state index >= 15 is 0 Å². The number of nitrogens with zero attached hydrogens (tertiary/aromatic N) is 1. The maximum Gasteiger partial charge on any atom is 0.338 e. The lowest BCUT2D eigenvalue weighted by Gasteiger charge is -2.52. The van der Waals surface area contributed by atoms with Crippen LogP contribution in [0.1, 0.15) is 58.4 Å². The number of rotatable bonds is 6. The van der Waals surface area contributed by atoms with Crippen LogP contribution in [0.25, 0.3) is 0 Å². The molecule has 0 saturated carbocycles. The predicted molar refractivity (Wildman–Crippen MR) is 102 cm³/mol. The zero-order valence-electron chi connectivity index (χ0n) is 17.2. The molecule has 1 aromatic carbocycles. The van der Waals surface area contributed by atoms with Crippen molar-refractivity contribution < 1.29 is 23.9 Å². The quantitative estimate of drug-likeness (QED) is 0.708. The van der Waals surface area contributed by atoms with Crippen molar-refractivity contribution in [1.29, 1.82) is 0 Å². The first-order valence-corrected chi connectivity index (χ1v) is 9.32. The number of piperidine rings is 1. The van der Waals surface area contributed by atoms with Crippen molar-refractivity contribution in [3.8, 4) is 0 Å². The first kappa shape index (κ1) is 21.4. The minimum Gasteiger partial charge on any atom is -0.468 e. The summed E-state index contributed by atoms with van der Waals surface area (Å²) in [5.74, 6) is -2.06. The summed E-state index contributed by atoms with van der Waals surface area (Å²) in [6, 6.07) is 9.05. The fourth-order valence-electron chi connectivity index (χ4n) is 3.95. The second-order valence-electron chi connectivity index (χ2n) is 8.23. The third kappa shape index (κ3) is 4.68. The largest absolute Gasteiger partial charge is 0.468 e. The second-order valence-corrected chi connectivity index (χ2v) is 8.23. The Morgan fingerprint density at radius 2 is 1.44 bits per heavy atom. The molecule has 2 rings (SSSR count). The molecule has 0 amide bonds. The van der Waals surface area contributed by atoms with Crippen LogP contribution in [0.3, 0.4) is 0 Å². The van der Waals surface area contributed by atoms with Crippen molar-refractivity contribution in [2.75, 3.05) is 14.2 Å². The van der Waals surface area contributed by atoms with E-state index in [9.17, 15) is 9.59 Å². The summed E-state index contributed by atoms with van der Waals surface area (Å²) in [5, 5.41) is 1.87. The Morgan fingerprint density at radius 3 is 1.93 bits per heavy atom. The van der Waals surface area contributed by atoms with E-state index in [1.165, 1.54) is 14.2 Å². The number of esters is 2. The fourth-order valence-corrected chi connectivity index (χ4v) is 3.95. The van der Waals surface area contributed by atoms with Crippen molar-refractivity contribution in [3.63, 3.8) is 0 Å². The Morgan fingerprint density at radius 1 is 0.926 bits per heavy atom. The molecule has 0 bridgehead atoms. The van der Waals surface area contributed by atoms with Gasteiger partial charge in [-0.15, -0.1) is 0 Å². The van der Waals surface area contributed by atoms with Gasteiger partial charge in [0.05, 0.1) is 14.2 Å². The molecule has 1 aliphatic heterocycles. The Bertz CT molecular complexity index is 640. The molecule has 6 nitrogen and oxygen atoms in total. The molecule has 0 aliphatic carbocycles. The molecule has 1 aliphatic rings. The Labute approximate surface area is 161 Å². The van der Waals surface area contributed by atoms with Gasteiger partial charge in [0.25, 0.3) is 0 Å². The van der Waals surface area contributed by atoms with E-state index in [-0.39, 0.29) is 11.1 Å². The molecule has 150 valence electrons. The molecule has 0 aromatic heterocycles. The molecule has 2 atom stereocenters. The van der Waals surface area contributed by atoms with E-state index in [1.54, 1.807) is 12.1 Å². The smallest absolute Gasteiger partial charge is 0.338 e. The molecule has 0 radical (unpaired) electrons. The number of carbonyl (C=O) groups is 2. The van der Waals surface area contributed by atoms with Crippen molar-refractivity contribution in [1.82, 2.24) is 5.06 Å². The van der Waals surface area contributed by atoms with E-state index in [4.69, 9.17) is 14.3 Å². The number of hydrogen-bond donors (Lipinski definition) is 0. The highest BCUT2D eigenvalue weighted by atomic mass is 16.7. The van der Waals surface area contributed by atoms with Crippen LogP contribution < -0.4 is 0 Å². The number of hydroxylamine groups is 2. The van der Waals surface area contributed by atoms with Gasteiger partial charge in [-0.3, -0.25) is 9.63 Å². The number of ether oxygens (including phenoxy) is 2. The Hall–Kier alpha value is -1.92. The molecule has 1 fully saturated rings. The van der Waals surface area contributed by atoms with E-state index in [0.717, 1.165) is 19.3 Å². The normalized spacial score (nSPS) is 21.1. The number of benzene rings is 1. The first-order chi connectivity index (χ1) is 12.6. The second kappa shape index (κ2) is 8.40. The summed E-state index contributed by atoms with van der Waals surface area (Å²) in [4.78, 5) is 31.5. The van der Waals surface area contributed by atoms with E-state index < -0.39 is 24.0 Å². The van der Waals surface area contributed by atoms with Gasteiger partial charge in [0.15, 0.2) is 6.10 Å². The SMILES string of the molecule is COC(=O)C(ON1C(C)(C)CCCC1(C)C)C(C(=O)OC)c1ccccc1. The van der Waals surface area contributed by atoms with E-state index in [0.29, 0.717) is 5.56 Å². The summed E-state index contributed by atoms with van der Waals surface area (Å²) in [6.07, 6.45) is 1.79. The van der Waals surface area contributed by atoms with Gasteiger partial charge < -0.3 is 9.47 Å². The van der Waals surface area contributed by atoms with Gasteiger partial charge in [0.1, 0.15) is 5.92 Å². The summed E-state index contributed by atoms with van der Waals surface area (Å²) in [5.41, 5.74) is 0.0731. The molecule has 2 unspecified atom stereocenters. The summed E-state index contributed by atoms with van der Waals surface area (Å²) >= 11 is 0. The topological polar surface area (TPSA) is 65.1 Å². The van der Waals surface area contributed by atoms with Gasteiger partial charge >= 0.3 is 11.9 Å². The fraction of sp³-hybridized carbons (Fsp3) is 0.619. The zero-order chi connectivity index (χ0) is 20.2. The maximum absolute atomic E-state index is 12.7. The van der Waals surface area contributed by atoms with Gasteiger partial charge in [0.2, 0.25) is 0 Å². The molecule has 27 heavy (non-hydrogen) atoms. The Kier molecular flexibility index (Phi) is 6.65. The van der Waals surface area contributed by atoms with Crippen molar-refractivity contribution in [2.45, 2.75) is 70.1 Å². The number of hydrogen-bond acceptors (Lipinski definition) is 6. The average molecular weight is 377 g/mol. The highest BCUT2D eigenvalue weighted by molar-refractivity contribution is 5.87. The molecule has 1 heterocycles. The van der Waals surface area contributed by atoms with Crippen LogP contribution in [0, 0.1) is 0 Å². The third-order valence-corrected chi connectivity index (χ3v) is 5.25. The van der Waals surface area contributed by atoms with Gasteiger partial charge in [-0.2, -0.15) is 5.06 Å². The van der Waals surface area contributed by atoms with Crippen molar-refractivity contribution in [2.24, 2.45) is 0 Å². The minimum absolute atomic E-state index is 0.286.